The van der Waals surface area contributed by atoms with Crippen molar-refractivity contribution in [2.24, 2.45) is 10.9 Å². The van der Waals surface area contributed by atoms with Crippen LogP contribution in [-0.4, -0.2) is 27.0 Å². The molecule has 5 nitrogen and oxygen atoms in total. The minimum atomic E-state index is -4.70. The van der Waals surface area contributed by atoms with Crippen molar-refractivity contribution in [3.8, 4) is 5.13 Å². The van der Waals surface area contributed by atoms with Crippen LogP contribution in [0.4, 0.5) is 13.2 Å². The first-order valence-electron chi connectivity index (χ1n) is 8.48. The highest BCUT2D eigenvalue weighted by molar-refractivity contribution is 7.20. The van der Waals surface area contributed by atoms with Gasteiger partial charge in [0.1, 0.15) is 0 Å². The van der Waals surface area contributed by atoms with Gasteiger partial charge in [-0.15, -0.1) is 0 Å². The molecule has 0 aliphatic carbocycles. The number of fused-ring (bicyclic) bond motifs is 1. The number of rotatable bonds is 5. The van der Waals surface area contributed by atoms with Crippen LogP contribution in [0, 0.1) is 5.92 Å². The number of hydrogen-bond donors (Lipinski definition) is 1. The average molecular weight is 396 g/mol. The van der Waals surface area contributed by atoms with Crippen LogP contribution >= 0.6 is 11.3 Å². The van der Waals surface area contributed by atoms with Crippen LogP contribution in [0.3, 0.4) is 0 Å². The Bertz CT molecular complexity index is 1010. The van der Waals surface area contributed by atoms with E-state index in [1.165, 1.54) is 6.92 Å². The van der Waals surface area contributed by atoms with E-state index in [1.54, 1.807) is 24.3 Å². The third-order valence-electron chi connectivity index (χ3n) is 4.07. The molecular weight excluding hydrogens is 377 g/mol. The van der Waals surface area contributed by atoms with Gasteiger partial charge in [-0.25, -0.2) is 4.98 Å². The van der Waals surface area contributed by atoms with E-state index in [1.807, 2.05) is 13.8 Å². The highest BCUT2D eigenvalue weighted by atomic mass is 32.1. The Morgan fingerprint density at radius 2 is 2.04 bits per heavy atom. The standard InChI is InChI=1S/C18H19F3N4OS/c1-10(2)8-9-22-11(3)14-15(18(19,20)21)24-25(16(14)26)17-23-12-6-4-5-7-13(12)27-17/h4-7,10,24H,8-9H2,1-3H3. The van der Waals surface area contributed by atoms with Crippen molar-refractivity contribution in [3.63, 3.8) is 0 Å². The maximum absolute atomic E-state index is 13.5. The molecule has 1 aromatic carbocycles. The van der Waals surface area contributed by atoms with Gasteiger partial charge in [-0.05, 0) is 31.4 Å². The zero-order valence-corrected chi connectivity index (χ0v) is 15.9. The number of aliphatic imine (C=N–C) groups is 1. The lowest BCUT2D eigenvalue weighted by atomic mass is 10.1. The van der Waals surface area contributed by atoms with E-state index in [-0.39, 0.29) is 10.8 Å². The van der Waals surface area contributed by atoms with Crippen molar-refractivity contribution in [1.82, 2.24) is 14.8 Å². The number of alkyl halides is 3. The summed E-state index contributed by atoms with van der Waals surface area (Å²) in [5.41, 5.74) is -1.66. The summed E-state index contributed by atoms with van der Waals surface area (Å²) in [7, 11) is 0. The van der Waals surface area contributed by atoms with E-state index in [4.69, 9.17) is 0 Å². The molecular formula is C18H19F3N4OS. The van der Waals surface area contributed by atoms with Gasteiger partial charge in [0.2, 0.25) is 5.13 Å². The SMILES string of the molecule is CC(=NCCC(C)C)c1c(C(F)(F)F)[nH]n(-c2nc3ccccc3s2)c1=O. The molecule has 9 heteroatoms. The summed E-state index contributed by atoms with van der Waals surface area (Å²) < 4.78 is 42.2. The topological polar surface area (TPSA) is 63.0 Å². The first-order valence-corrected chi connectivity index (χ1v) is 9.29. The van der Waals surface area contributed by atoms with Gasteiger partial charge in [-0.2, -0.15) is 17.9 Å². The number of benzene rings is 1. The van der Waals surface area contributed by atoms with E-state index in [0.29, 0.717) is 18.0 Å². The third-order valence-corrected chi connectivity index (χ3v) is 5.09. The van der Waals surface area contributed by atoms with Crippen molar-refractivity contribution in [2.75, 3.05) is 6.54 Å². The molecule has 0 fully saturated rings. The summed E-state index contributed by atoms with van der Waals surface area (Å²) in [6, 6.07) is 7.13. The molecule has 0 unspecified atom stereocenters. The van der Waals surface area contributed by atoms with Gasteiger partial charge in [0, 0.05) is 12.3 Å². The van der Waals surface area contributed by atoms with E-state index in [2.05, 4.69) is 15.1 Å². The van der Waals surface area contributed by atoms with Crippen LogP contribution in [0.25, 0.3) is 15.3 Å². The summed E-state index contributed by atoms with van der Waals surface area (Å²) in [6.07, 6.45) is -3.97. The van der Waals surface area contributed by atoms with Gasteiger partial charge in [0.25, 0.3) is 5.56 Å². The second-order valence-electron chi connectivity index (χ2n) is 6.61. The summed E-state index contributed by atoms with van der Waals surface area (Å²) in [6.45, 7) is 5.81. The number of H-pyrrole nitrogens is 1. The molecule has 0 amide bonds. The molecule has 3 rings (SSSR count). The van der Waals surface area contributed by atoms with Crippen molar-refractivity contribution in [3.05, 3.63) is 45.9 Å². The minimum absolute atomic E-state index is 0.0732. The fourth-order valence-corrected chi connectivity index (χ4v) is 3.56. The normalized spacial score (nSPS) is 13.1. The molecule has 2 heterocycles. The number of para-hydroxylation sites is 1. The molecule has 0 aliphatic rings. The molecule has 27 heavy (non-hydrogen) atoms. The largest absolute Gasteiger partial charge is 0.433 e. The molecule has 2 aromatic heterocycles. The highest BCUT2D eigenvalue weighted by Gasteiger charge is 2.39. The zero-order chi connectivity index (χ0) is 19.8. The van der Waals surface area contributed by atoms with E-state index >= 15 is 0 Å². The summed E-state index contributed by atoms with van der Waals surface area (Å²) >= 11 is 1.14. The zero-order valence-electron chi connectivity index (χ0n) is 15.1. The smallest absolute Gasteiger partial charge is 0.289 e. The molecule has 0 aliphatic heterocycles. The number of thiazole rings is 1. The summed E-state index contributed by atoms with van der Waals surface area (Å²) in [5, 5.41) is 2.35. The third kappa shape index (κ3) is 3.97. The molecule has 144 valence electrons. The molecule has 1 N–H and O–H groups in total. The van der Waals surface area contributed by atoms with Crippen LogP contribution < -0.4 is 5.56 Å². The van der Waals surface area contributed by atoms with E-state index < -0.39 is 23.0 Å². The summed E-state index contributed by atoms with van der Waals surface area (Å²) in [4.78, 5) is 21.2. The van der Waals surface area contributed by atoms with Gasteiger partial charge < -0.3 is 0 Å². The number of aromatic nitrogens is 3. The van der Waals surface area contributed by atoms with Crippen LogP contribution in [0.15, 0.2) is 34.1 Å². The van der Waals surface area contributed by atoms with Gasteiger partial charge in [0.15, 0.2) is 5.69 Å². The van der Waals surface area contributed by atoms with Gasteiger partial charge in [-0.1, -0.05) is 37.3 Å². The van der Waals surface area contributed by atoms with E-state index in [9.17, 15) is 18.0 Å². The molecule has 0 radical (unpaired) electrons. The molecule has 0 saturated carbocycles. The van der Waals surface area contributed by atoms with Crippen molar-refractivity contribution < 1.29 is 13.2 Å². The second-order valence-corrected chi connectivity index (χ2v) is 7.62. The van der Waals surface area contributed by atoms with Gasteiger partial charge in [-0.3, -0.25) is 14.9 Å². The monoisotopic (exact) mass is 396 g/mol. The summed E-state index contributed by atoms with van der Waals surface area (Å²) in [5.74, 6) is 0.370. The highest BCUT2D eigenvalue weighted by Crippen LogP contribution is 2.31. The Morgan fingerprint density at radius 1 is 1.33 bits per heavy atom. The van der Waals surface area contributed by atoms with Crippen LogP contribution in [-0.2, 0) is 6.18 Å². The lowest BCUT2D eigenvalue weighted by Crippen LogP contribution is -2.21. The van der Waals surface area contributed by atoms with Crippen LogP contribution in [0.1, 0.15) is 38.4 Å². The molecule has 0 spiro atoms. The predicted molar refractivity (Wildman–Crippen MR) is 101 cm³/mol. The quantitative estimate of drug-likeness (QED) is 0.638. The lowest BCUT2D eigenvalue weighted by molar-refractivity contribution is -0.141. The van der Waals surface area contributed by atoms with Crippen molar-refractivity contribution in [1.29, 1.82) is 0 Å². The number of nitrogens with one attached hydrogen (secondary N) is 1. The maximum atomic E-state index is 13.5. The Hall–Kier alpha value is -2.42. The number of aromatic amines is 1. The molecule has 0 atom stereocenters. The van der Waals surface area contributed by atoms with Gasteiger partial charge in [0.05, 0.1) is 15.8 Å². The first-order chi connectivity index (χ1) is 12.7. The fraction of sp³-hybridized carbons (Fsp3) is 0.389. The van der Waals surface area contributed by atoms with Crippen LogP contribution in [0.5, 0.6) is 0 Å². The molecule has 0 bridgehead atoms. The average Bonchev–Trinajstić information content (AvgIpc) is 3.14. The van der Waals surface area contributed by atoms with Gasteiger partial charge >= 0.3 is 6.18 Å². The number of halogens is 3. The number of hydrogen-bond acceptors (Lipinski definition) is 4. The number of nitrogens with zero attached hydrogens (tertiary/aromatic N) is 3. The minimum Gasteiger partial charge on any atom is -0.289 e. The fourth-order valence-electron chi connectivity index (χ4n) is 2.64. The Morgan fingerprint density at radius 3 is 2.67 bits per heavy atom. The Labute approximate surface area is 157 Å². The van der Waals surface area contributed by atoms with Crippen LogP contribution in [0.2, 0.25) is 0 Å². The molecule has 3 aromatic rings. The predicted octanol–water partition coefficient (Wildman–Crippen LogP) is 4.65. The maximum Gasteiger partial charge on any atom is 0.433 e. The molecule has 0 saturated heterocycles. The Balaban J connectivity index is 2.12. The van der Waals surface area contributed by atoms with E-state index in [0.717, 1.165) is 27.1 Å². The first kappa shape index (κ1) is 19.3. The lowest BCUT2D eigenvalue weighted by Gasteiger charge is -2.06. The Kier molecular flexibility index (Phi) is 5.23. The van der Waals surface area contributed by atoms with Crippen molar-refractivity contribution in [2.45, 2.75) is 33.4 Å². The van der Waals surface area contributed by atoms with Crippen molar-refractivity contribution >= 4 is 27.3 Å². The second kappa shape index (κ2) is 7.30.